The van der Waals surface area contributed by atoms with Gasteiger partial charge in [-0.15, -0.1) is 16.6 Å². The SMILES string of the molecule is C#CCSc1nnc(NC(=O)[C@@H]2CC(=O)N(c3ccc(C)c(C)c3)C2)s1. The summed E-state index contributed by atoms with van der Waals surface area (Å²) in [5, 5.41) is 11.1. The fourth-order valence-corrected chi connectivity index (χ4v) is 4.09. The average molecular weight is 387 g/mol. The molecule has 6 nitrogen and oxygen atoms in total. The first-order chi connectivity index (χ1) is 12.5. The summed E-state index contributed by atoms with van der Waals surface area (Å²) in [6.07, 6.45) is 5.41. The molecule has 0 bridgehead atoms. The number of rotatable bonds is 5. The highest BCUT2D eigenvalue weighted by molar-refractivity contribution is 8.01. The lowest BCUT2D eigenvalue weighted by molar-refractivity contribution is -0.122. The predicted molar refractivity (Wildman–Crippen MR) is 104 cm³/mol. The standard InChI is InChI=1S/C18H18N4O2S2/c1-4-7-25-18-21-20-17(26-18)19-16(24)13-9-15(23)22(10-13)14-6-5-11(2)12(3)8-14/h1,5-6,8,13H,7,9-10H2,2-3H3,(H,19,20,24)/t13-/m1/s1. The molecule has 26 heavy (non-hydrogen) atoms. The van der Waals surface area contributed by atoms with Crippen LogP contribution in [0.4, 0.5) is 10.8 Å². The maximum Gasteiger partial charge on any atom is 0.231 e. The van der Waals surface area contributed by atoms with Crippen LogP contribution in [0.1, 0.15) is 17.5 Å². The third kappa shape index (κ3) is 4.06. The summed E-state index contributed by atoms with van der Waals surface area (Å²) in [6.45, 7) is 4.40. The van der Waals surface area contributed by atoms with Gasteiger partial charge in [-0.25, -0.2) is 0 Å². The molecule has 2 aromatic rings. The van der Waals surface area contributed by atoms with Gasteiger partial charge in [-0.05, 0) is 37.1 Å². The number of hydrogen-bond acceptors (Lipinski definition) is 6. The maximum absolute atomic E-state index is 12.5. The number of aromatic nitrogens is 2. The first-order valence-corrected chi connectivity index (χ1v) is 9.86. The Morgan fingerprint density at radius 3 is 2.96 bits per heavy atom. The van der Waals surface area contributed by atoms with E-state index >= 15 is 0 Å². The first-order valence-electron chi connectivity index (χ1n) is 8.06. The molecule has 0 unspecified atom stereocenters. The van der Waals surface area contributed by atoms with Crippen LogP contribution in [0.15, 0.2) is 22.5 Å². The third-order valence-corrected chi connectivity index (χ3v) is 6.09. The predicted octanol–water partition coefficient (Wildman–Crippen LogP) is 2.87. The second-order valence-electron chi connectivity index (χ2n) is 6.03. The van der Waals surface area contributed by atoms with Crippen molar-refractivity contribution < 1.29 is 9.59 Å². The molecular formula is C18H18N4O2S2. The van der Waals surface area contributed by atoms with Crippen molar-refractivity contribution in [2.45, 2.75) is 24.6 Å². The van der Waals surface area contributed by atoms with Crippen LogP contribution in [-0.4, -0.2) is 34.3 Å². The Hall–Kier alpha value is -2.37. The minimum Gasteiger partial charge on any atom is -0.312 e. The summed E-state index contributed by atoms with van der Waals surface area (Å²) in [5.41, 5.74) is 3.12. The molecular weight excluding hydrogens is 368 g/mol. The number of hydrogen-bond donors (Lipinski definition) is 1. The smallest absolute Gasteiger partial charge is 0.231 e. The monoisotopic (exact) mass is 386 g/mol. The molecule has 1 fully saturated rings. The minimum absolute atomic E-state index is 0.0454. The van der Waals surface area contributed by atoms with Crippen LogP contribution in [0.25, 0.3) is 0 Å². The van der Waals surface area contributed by atoms with Crippen molar-refractivity contribution >= 4 is 45.7 Å². The topological polar surface area (TPSA) is 75.2 Å². The maximum atomic E-state index is 12.5. The summed E-state index contributed by atoms with van der Waals surface area (Å²) in [7, 11) is 0. The number of anilines is 2. The number of aryl methyl sites for hydroxylation is 2. The van der Waals surface area contributed by atoms with E-state index in [1.54, 1.807) is 4.90 Å². The van der Waals surface area contributed by atoms with Crippen molar-refractivity contribution in [2.24, 2.45) is 5.92 Å². The van der Waals surface area contributed by atoms with Gasteiger partial charge in [-0.2, -0.15) is 0 Å². The summed E-state index contributed by atoms with van der Waals surface area (Å²) in [4.78, 5) is 26.5. The molecule has 1 aromatic heterocycles. The lowest BCUT2D eigenvalue weighted by atomic mass is 10.1. The Morgan fingerprint density at radius 1 is 1.42 bits per heavy atom. The molecule has 1 aliphatic rings. The van der Waals surface area contributed by atoms with Crippen molar-refractivity contribution in [1.29, 1.82) is 0 Å². The van der Waals surface area contributed by atoms with Crippen LogP contribution < -0.4 is 10.2 Å². The van der Waals surface area contributed by atoms with E-state index in [2.05, 4.69) is 21.4 Å². The number of thioether (sulfide) groups is 1. The largest absolute Gasteiger partial charge is 0.312 e. The zero-order valence-electron chi connectivity index (χ0n) is 14.5. The van der Waals surface area contributed by atoms with Crippen molar-refractivity contribution in [3.63, 3.8) is 0 Å². The van der Waals surface area contributed by atoms with Gasteiger partial charge in [0.1, 0.15) is 0 Å². The Bertz CT molecular complexity index is 888. The Labute approximate surface area is 160 Å². The summed E-state index contributed by atoms with van der Waals surface area (Å²) in [5.74, 6) is 2.35. The van der Waals surface area contributed by atoms with Gasteiger partial charge < -0.3 is 10.2 Å². The van der Waals surface area contributed by atoms with E-state index in [1.165, 1.54) is 28.7 Å². The molecule has 1 atom stereocenters. The molecule has 1 aliphatic heterocycles. The molecule has 8 heteroatoms. The summed E-state index contributed by atoms with van der Waals surface area (Å²) >= 11 is 2.67. The van der Waals surface area contributed by atoms with E-state index < -0.39 is 5.92 Å². The quantitative estimate of drug-likeness (QED) is 0.486. The number of amides is 2. The molecule has 2 amide bonds. The minimum atomic E-state index is -0.408. The van der Waals surface area contributed by atoms with Gasteiger partial charge in [0.05, 0.1) is 11.7 Å². The van der Waals surface area contributed by atoms with Crippen molar-refractivity contribution in [3.8, 4) is 12.3 Å². The molecule has 0 saturated carbocycles. The van der Waals surface area contributed by atoms with Gasteiger partial charge in [-0.1, -0.05) is 35.1 Å². The Kier molecular flexibility index (Phi) is 5.59. The van der Waals surface area contributed by atoms with Gasteiger partial charge in [0.15, 0.2) is 4.34 Å². The van der Waals surface area contributed by atoms with E-state index in [-0.39, 0.29) is 18.2 Å². The molecule has 1 aromatic carbocycles. The third-order valence-electron chi connectivity index (χ3n) is 4.21. The molecule has 0 spiro atoms. The number of nitrogens with one attached hydrogen (secondary N) is 1. The normalized spacial score (nSPS) is 16.6. The van der Waals surface area contributed by atoms with Crippen LogP contribution in [0, 0.1) is 32.1 Å². The first kappa shape index (κ1) is 18.4. The zero-order chi connectivity index (χ0) is 18.7. The second-order valence-corrected chi connectivity index (χ2v) is 8.23. The van der Waals surface area contributed by atoms with E-state index in [9.17, 15) is 9.59 Å². The highest BCUT2D eigenvalue weighted by Gasteiger charge is 2.35. The van der Waals surface area contributed by atoms with E-state index in [4.69, 9.17) is 6.42 Å². The number of benzene rings is 1. The van der Waals surface area contributed by atoms with Crippen LogP contribution in [-0.2, 0) is 9.59 Å². The molecule has 3 rings (SSSR count). The second kappa shape index (κ2) is 7.89. The fraction of sp³-hybridized carbons (Fsp3) is 0.333. The number of carbonyl (C=O) groups excluding carboxylic acids is 2. The van der Waals surface area contributed by atoms with Crippen molar-refractivity contribution in [3.05, 3.63) is 29.3 Å². The highest BCUT2D eigenvalue weighted by Crippen LogP contribution is 2.29. The molecule has 2 heterocycles. The van der Waals surface area contributed by atoms with Crippen LogP contribution >= 0.6 is 23.1 Å². The highest BCUT2D eigenvalue weighted by atomic mass is 32.2. The van der Waals surface area contributed by atoms with Crippen LogP contribution in [0.5, 0.6) is 0 Å². The van der Waals surface area contributed by atoms with E-state index in [0.29, 0.717) is 21.8 Å². The molecule has 134 valence electrons. The Balaban J connectivity index is 1.64. The van der Waals surface area contributed by atoms with Gasteiger partial charge in [0.2, 0.25) is 16.9 Å². The zero-order valence-corrected chi connectivity index (χ0v) is 16.1. The van der Waals surface area contributed by atoms with Gasteiger partial charge in [0, 0.05) is 18.7 Å². The van der Waals surface area contributed by atoms with E-state index in [1.807, 2.05) is 32.0 Å². The molecule has 0 radical (unpaired) electrons. The van der Waals surface area contributed by atoms with Gasteiger partial charge in [-0.3, -0.25) is 9.59 Å². The van der Waals surface area contributed by atoms with Gasteiger partial charge >= 0.3 is 0 Å². The Morgan fingerprint density at radius 2 is 2.23 bits per heavy atom. The van der Waals surface area contributed by atoms with E-state index in [0.717, 1.165) is 11.3 Å². The van der Waals surface area contributed by atoms with Crippen LogP contribution in [0.2, 0.25) is 0 Å². The van der Waals surface area contributed by atoms with Crippen molar-refractivity contribution in [2.75, 3.05) is 22.5 Å². The molecule has 1 saturated heterocycles. The average Bonchev–Trinajstić information content (AvgIpc) is 3.22. The van der Waals surface area contributed by atoms with Crippen LogP contribution in [0.3, 0.4) is 0 Å². The fourth-order valence-electron chi connectivity index (χ4n) is 2.66. The number of terminal acetylenes is 1. The van der Waals surface area contributed by atoms with Crippen molar-refractivity contribution in [1.82, 2.24) is 10.2 Å². The number of carbonyl (C=O) groups is 2. The lowest BCUT2D eigenvalue weighted by Crippen LogP contribution is -2.28. The number of nitrogens with zero attached hydrogens (tertiary/aromatic N) is 3. The van der Waals surface area contributed by atoms with Gasteiger partial charge in [0.25, 0.3) is 0 Å². The summed E-state index contributed by atoms with van der Waals surface area (Å²) in [6, 6.07) is 5.88. The lowest BCUT2D eigenvalue weighted by Gasteiger charge is -2.17. The summed E-state index contributed by atoms with van der Waals surface area (Å²) < 4.78 is 0.706. The molecule has 0 aliphatic carbocycles. The molecule has 1 N–H and O–H groups in total.